The van der Waals surface area contributed by atoms with Gasteiger partial charge in [0.05, 0.1) is 24.6 Å². The van der Waals surface area contributed by atoms with Gasteiger partial charge in [-0.1, -0.05) is 13.0 Å². The fourth-order valence-electron chi connectivity index (χ4n) is 2.29. The predicted octanol–water partition coefficient (Wildman–Crippen LogP) is 3.55. The van der Waals surface area contributed by atoms with Gasteiger partial charge in [-0.05, 0) is 43.5 Å². The molecule has 0 bridgehead atoms. The van der Waals surface area contributed by atoms with E-state index in [4.69, 9.17) is 0 Å². The number of benzene rings is 1. The molecule has 1 aromatic carbocycles. The highest BCUT2D eigenvalue weighted by Gasteiger charge is 2.05. The largest absolute Gasteiger partial charge is 0.369 e. The van der Waals surface area contributed by atoms with Gasteiger partial charge in [0.25, 0.3) is 0 Å². The maximum Gasteiger partial charge on any atom is 0.144 e. The van der Waals surface area contributed by atoms with E-state index in [1.54, 1.807) is 6.20 Å². The summed E-state index contributed by atoms with van der Waals surface area (Å²) < 4.78 is 0. The summed E-state index contributed by atoms with van der Waals surface area (Å²) in [5.41, 5.74) is 4.74. The first-order chi connectivity index (χ1) is 10.1. The standard InChI is InChI=1S/C17H24N4/c1-5-6-18-17-11-19-15(10-20-17)12-21(4)16-8-13(2)7-14(3)9-16/h7-11H,5-6,12H2,1-4H3,(H,18,20). The van der Waals surface area contributed by atoms with Crippen LogP contribution in [-0.2, 0) is 6.54 Å². The molecule has 0 saturated carbocycles. The number of aromatic nitrogens is 2. The summed E-state index contributed by atoms with van der Waals surface area (Å²) in [6, 6.07) is 6.57. The van der Waals surface area contributed by atoms with Gasteiger partial charge < -0.3 is 10.2 Å². The van der Waals surface area contributed by atoms with Gasteiger partial charge in [0.1, 0.15) is 5.82 Å². The van der Waals surface area contributed by atoms with Crippen LogP contribution in [0.25, 0.3) is 0 Å². The number of nitrogens with one attached hydrogen (secondary N) is 1. The summed E-state index contributed by atoms with van der Waals surface area (Å²) in [6.45, 7) is 8.06. The number of hydrogen-bond acceptors (Lipinski definition) is 4. The number of anilines is 2. The highest BCUT2D eigenvalue weighted by Crippen LogP contribution is 2.19. The molecule has 0 unspecified atom stereocenters. The molecule has 2 rings (SSSR count). The van der Waals surface area contributed by atoms with Crippen LogP contribution in [0, 0.1) is 13.8 Å². The van der Waals surface area contributed by atoms with Crippen LogP contribution in [0.4, 0.5) is 11.5 Å². The molecule has 0 radical (unpaired) electrons. The minimum Gasteiger partial charge on any atom is -0.369 e. The summed E-state index contributed by atoms with van der Waals surface area (Å²) in [6.07, 6.45) is 4.73. The zero-order chi connectivity index (χ0) is 15.2. The van der Waals surface area contributed by atoms with Gasteiger partial charge in [-0.3, -0.25) is 4.98 Å². The van der Waals surface area contributed by atoms with E-state index in [1.165, 1.54) is 16.8 Å². The monoisotopic (exact) mass is 284 g/mol. The second kappa shape index (κ2) is 7.07. The number of rotatable bonds is 6. The van der Waals surface area contributed by atoms with Crippen molar-refractivity contribution < 1.29 is 0 Å². The Bertz CT molecular complexity index is 558. The third-order valence-corrected chi connectivity index (χ3v) is 3.31. The molecule has 0 amide bonds. The Kier molecular flexibility index (Phi) is 5.14. The SMILES string of the molecule is CCCNc1cnc(CN(C)c2cc(C)cc(C)c2)cn1. The number of nitrogens with zero attached hydrogens (tertiary/aromatic N) is 3. The maximum absolute atomic E-state index is 4.48. The lowest BCUT2D eigenvalue weighted by Gasteiger charge is -2.20. The van der Waals surface area contributed by atoms with Gasteiger partial charge in [-0.25, -0.2) is 4.98 Å². The first-order valence-corrected chi connectivity index (χ1v) is 7.42. The van der Waals surface area contributed by atoms with Crippen molar-refractivity contribution in [2.24, 2.45) is 0 Å². The minimum absolute atomic E-state index is 0.754. The summed E-state index contributed by atoms with van der Waals surface area (Å²) >= 11 is 0. The molecule has 0 aliphatic heterocycles. The summed E-state index contributed by atoms with van der Waals surface area (Å²) in [5, 5.41) is 3.23. The number of aryl methyl sites for hydroxylation is 2. The van der Waals surface area contributed by atoms with Crippen molar-refractivity contribution in [3.63, 3.8) is 0 Å². The molecule has 0 spiro atoms. The van der Waals surface area contributed by atoms with Crippen LogP contribution in [0.15, 0.2) is 30.6 Å². The Morgan fingerprint density at radius 1 is 1.05 bits per heavy atom. The van der Waals surface area contributed by atoms with Crippen LogP contribution in [0.3, 0.4) is 0 Å². The van der Waals surface area contributed by atoms with Gasteiger partial charge in [0, 0.05) is 19.3 Å². The highest BCUT2D eigenvalue weighted by atomic mass is 15.1. The average Bonchev–Trinajstić information content (AvgIpc) is 2.45. The lowest BCUT2D eigenvalue weighted by Crippen LogP contribution is -2.17. The van der Waals surface area contributed by atoms with E-state index in [0.29, 0.717) is 0 Å². The Balaban J connectivity index is 2.03. The van der Waals surface area contributed by atoms with Crippen LogP contribution in [-0.4, -0.2) is 23.6 Å². The fraction of sp³-hybridized carbons (Fsp3) is 0.412. The lowest BCUT2D eigenvalue weighted by molar-refractivity contribution is 0.869. The van der Waals surface area contributed by atoms with Crippen LogP contribution in [0.2, 0.25) is 0 Å². The molecule has 1 heterocycles. The minimum atomic E-state index is 0.754. The first kappa shape index (κ1) is 15.3. The Morgan fingerprint density at radius 2 is 1.76 bits per heavy atom. The van der Waals surface area contributed by atoms with E-state index < -0.39 is 0 Å². The van der Waals surface area contributed by atoms with Crippen molar-refractivity contribution in [2.75, 3.05) is 23.8 Å². The van der Waals surface area contributed by atoms with Crippen molar-refractivity contribution in [2.45, 2.75) is 33.7 Å². The molecule has 0 aliphatic carbocycles. The molecule has 0 aliphatic rings. The molecule has 1 N–H and O–H groups in total. The van der Waals surface area contributed by atoms with Crippen molar-refractivity contribution in [1.82, 2.24) is 9.97 Å². The quantitative estimate of drug-likeness (QED) is 0.880. The predicted molar refractivity (Wildman–Crippen MR) is 88.8 cm³/mol. The molecule has 4 nitrogen and oxygen atoms in total. The van der Waals surface area contributed by atoms with E-state index >= 15 is 0 Å². The molecule has 21 heavy (non-hydrogen) atoms. The summed E-state index contributed by atoms with van der Waals surface area (Å²) in [7, 11) is 2.08. The van der Waals surface area contributed by atoms with Gasteiger partial charge in [-0.2, -0.15) is 0 Å². The van der Waals surface area contributed by atoms with Gasteiger partial charge >= 0.3 is 0 Å². The van der Waals surface area contributed by atoms with E-state index in [2.05, 4.69) is 66.2 Å². The lowest BCUT2D eigenvalue weighted by atomic mass is 10.1. The van der Waals surface area contributed by atoms with Crippen LogP contribution < -0.4 is 10.2 Å². The molecular formula is C17H24N4. The highest BCUT2D eigenvalue weighted by molar-refractivity contribution is 5.50. The number of hydrogen-bond donors (Lipinski definition) is 1. The topological polar surface area (TPSA) is 41.1 Å². The second-order valence-electron chi connectivity index (χ2n) is 5.52. The summed E-state index contributed by atoms with van der Waals surface area (Å²) in [5.74, 6) is 0.842. The zero-order valence-corrected chi connectivity index (χ0v) is 13.3. The third-order valence-electron chi connectivity index (χ3n) is 3.31. The van der Waals surface area contributed by atoms with Crippen molar-refractivity contribution in [3.8, 4) is 0 Å². The Hall–Kier alpha value is -2.10. The normalized spacial score (nSPS) is 10.5. The maximum atomic E-state index is 4.48. The molecule has 0 fully saturated rings. The zero-order valence-electron chi connectivity index (χ0n) is 13.3. The third kappa shape index (κ3) is 4.45. The molecule has 0 saturated heterocycles. The van der Waals surface area contributed by atoms with E-state index in [0.717, 1.165) is 31.0 Å². The molecule has 1 aromatic heterocycles. The van der Waals surface area contributed by atoms with E-state index in [-0.39, 0.29) is 0 Å². The molecular weight excluding hydrogens is 260 g/mol. The van der Waals surface area contributed by atoms with Crippen molar-refractivity contribution in [3.05, 3.63) is 47.4 Å². The Morgan fingerprint density at radius 3 is 2.33 bits per heavy atom. The van der Waals surface area contributed by atoms with Gasteiger partial charge in [0.2, 0.25) is 0 Å². The van der Waals surface area contributed by atoms with Crippen molar-refractivity contribution >= 4 is 11.5 Å². The average molecular weight is 284 g/mol. The van der Waals surface area contributed by atoms with Gasteiger partial charge in [-0.15, -0.1) is 0 Å². The van der Waals surface area contributed by atoms with Crippen LogP contribution in [0.1, 0.15) is 30.2 Å². The fourth-order valence-corrected chi connectivity index (χ4v) is 2.29. The smallest absolute Gasteiger partial charge is 0.144 e. The first-order valence-electron chi connectivity index (χ1n) is 7.42. The molecule has 4 heteroatoms. The van der Waals surface area contributed by atoms with Crippen molar-refractivity contribution in [1.29, 1.82) is 0 Å². The molecule has 0 atom stereocenters. The molecule has 112 valence electrons. The van der Waals surface area contributed by atoms with Crippen LogP contribution >= 0.6 is 0 Å². The van der Waals surface area contributed by atoms with E-state index in [9.17, 15) is 0 Å². The van der Waals surface area contributed by atoms with Gasteiger partial charge in [0.15, 0.2) is 0 Å². The molecule has 2 aromatic rings. The van der Waals surface area contributed by atoms with Crippen LogP contribution in [0.5, 0.6) is 0 Å². The summed E-state index contributed by atoms with van der Waals surface area (Å²) in [4.78, 5) is 11.1. The Labute approximate surface area is 127 Å². The second-order valence-corrected chi connectivity index (χ2v) is 5.52. The van der Waals surface area contributed by atoms with E-state index in [1.807, 2.05) is 6.20 Å².